The summed E-state index contributed by atoms with van der Waals surface area (Å²) in [6.45, 7) is 0. The van der Waals surface area contributed by atoms with Gasteiger partial charge in [0.1, 0.15) is 5.76 Å². The van der Waals surface area contributed by atoms with Crippen molar-refractivity contribution in [1.82, 2.24) is 0 Å². The van der Waals surface area contributed by atoms with Crippen molar-refractivity contribution in [3.05, 3.63) is 36.1 Å². The second-order valence-corrected chi connectivity index (χ2v) is 2.89. The molecule has 1 aliphatic carbocycles. The first kappa shape index (κ1) is 7.86. The molecule has 0 aromatic heterocycles. The Labute approximate surface area is 75.5 Å². The number of carbonyl (C=O) groups excluding carboxylic acids is 1. The van der Waals surface area contributed by atoms with Crippen LogP contribution in [-0.2, 0) is 11.2 Å². The molecular weight excluding hydrogens is 166 g/mol. The molecule has 0 spiro atoms. The lowest BCUT2D eigenvalue weighted by atomic mass is 10.1. The van der Waals surface area contributed by atoms with Gasteiger partial charge in [0.05, 0.1) is 12.7 Å². The molecule has 1 heterocycles. The van der Waals surface area contributed by atoms with Gasteiger partial charge in [0.25, 0.3) is 0 Å². The van der Waals surface area contributed by atoms with E-state index in [9.17, 15) is 4.79 Å². The van der Waals surface area contributed by atoms with Gasteiger partial charge in [-0.25, -0.2) is 0 Å². The molecule has 0 atom stereocenters. The molecule has 1 aliphatic heterocycles. The SMILES string of the molecule is NC(=O)Cc1ccc2occcc1-2. The molecule has 2 aliphatic rings. The van der Waals surface area contributed by atoms with E-state index in [1.54, 1.807) is 12.3 Å². The van der Waals surface area contributed by atoms with Crippen molar-refractivity contribution < 1.29 is 9.21 Å². The molecule has 66 valence electrons. The molecule has 0 radical (unpaired) electrons. The summed E-state index contributed by atoms with van der Waals surface area (Å²) in [5, 5.41) is 0. The maximum absolute atomic E-state index is 10.7. The lowest BCUT2D eigenvalue weighted by Gasteiger charge is -1.99. The highest BCUT2D eigenvalue weighted by molar-refractivity contribution is 5.80. The third-order valence-electron chi connectivity index (χ3n) is 1.95. The molecule has 3 heteroatoms. The molecule has 0 bridgehead atoms. The molecule has 13 heavy (non-hydrogen) atoms. The fourth-order valence-electron chi connectivity index (χ4n) is 1.40. The maximum atomic E-state index is 10.7. The second kappa shape index (κ2) is 2.94. The molecule has 3 nitrogen and oxygen atoms in total. The predicted octanol–water partition coefficient (Wildman–Crippen LogP) is 1.41. The Morgan fingerprint density at radius 1 is 1.38 bits per heavy atom. The zero-order valence-corrected chi connectivity index (χ0v) is 6.99. The Kier molecular flexibility index (Phi) is 1.77. The van der Waals surface area contributed by atoms with Gasteiger partial charge in [0, 0.05) is 5.56 Å². The van der Waals surface area contributed by atoms with E-state index in [4.69, 9.17) is 10.2 Å². The molecular formula is C10H9NO2. The van der Waals surface area contributed by atoms with Gasteiger partial charge in [-0.2, -0.15) is 0 Å². The first-order chi connectivity index (χ1) is 6.27. The number of hydrogen-bond donors (Lipinski definition) is 1. The smallest absolute Gasteiger partial charge is 0.221 e. The Balaban J connectivity index is 2.43. The van der Waals surface area contributed by atoms with Crippen LogP contribution in [0.4, 0.5) is 0 Å². The summed E-state index contributed by atoms with van der Waals surface area (Å²) >= 11 is 0. The van der Waals surface area contributed by atoms with Crippen LogP contribution in [0.3, 0.4) is 0 Å². The molecule has 0 saturated heterocycles. The average molecular weight is 175 g/mol. The summed E-state index contributed by atoms with van der Waals surface area (Å²) in [7, 11) is 0. The Hall–Kier alpha value is -1.77. The summed E-state index contributed by atoms with van der Waals surface area (Å²) < 4.78 is 5.22. The lowest BCUT2D eigenvalue weighted by molar-refractivity contribution is -0.117. The number of carbonyl (C=O) groups is 1. The van der Waals surface area contributed by atoms with E-state index in [2.05, 4.69) is 0 Å². The van der Waals surface area contributed by atoms with Crippen LogP contribution >= 0.6 is 0 Å². The van der Waals surface area contributed by atoms with Crippen molar-refractivity contribution in [3.63, 3.8) is 0 Å². The van der Waals surface area contributed by atoms with Crippen LogP contribution in [0, 0.1) is 0 Å². The van der Waals surface area contributed by atoms with Crippen LogP contribution < -0.4 is 5.73 Å². The number of rotatable bonds is 2. The van der Waals surface area contributed by atoms with Crippen molar-refractivity contribution >= 4 is 5.91 Å². The molecule has 0 unspecified atom stereocenters. The first-order valence-electron chi connectivity index (χ1n) is 4.01. The summed E-state index contributed by atoms with van der Waals surface area (Å²) in [5.41, 5.74) is 6.99. The normalized spacial score (nSPS) is 10.5. The molecule has 0 fully saturated rings. The molecule has 2 N–H and O–H groups in total. The Morgan fingerprint density at radius 3 is 3.00 bits per heavy atom. The largest absolute Gasteiger partial charge is 0.464 e. The van der Waals surface area contributed by atoms with Crippen molar-refractivity contribution in [2.45, 2.75) is 6.42 Å². The second-order valence-electron chi connectivity index (χ2n) is 2.89. The number of nitrogens with two attached hydrogens (primary N) is 1. The molecule has 2 rings (SSSR count). The minimum absolute atomic E-state index is 0.267. The topological polar surface area (TPSA) is 56.2 Å². The Morgan fingerprint density at radius 2 is 2.23 bits per heavy atom. The number of hydrogen-bond acceptors (Lipinski definition) is 2. The van der Waals surface area contributed by atoms with Crippen LogP contribution in [0.1, 0.15) is 5.56 Å². The summed E-state index contributed by atoms with van der Waals surface area (Å²) in [5.74, 6) is 0.468. The zero-order valence-electron chi connectivity index (χ0n) is 6.99. The number of amides is 1. The van der Waals surface area contributed by atoms with Crippen LogP contribution in [0.5, 0.6) is 0 Å². The van der Waals surface area contributed by atoms with Gasteiger partial charge in [-0.1, -0.05) is 6.07 Å². The van der Waals surface area contributed by atoms with E-state index in [0.29, 0.717) is 0 Å². The molecule has 0 aromatic rings. The van der Waals surface area contributed by atoms with Gasteiger partial charge < -0.3 is 10.2 Å². The highest BCUT2D eigenvalue weighted by Gasteiger charge is 2.11. The van der Waals surface area contributed by atoms with Crippen LogP contribution in [-0.4, -0.2) is 5.91 Å². The van der Waals surface area contributed by atoms with Gasteiger partial charge >= 0.3 is 0 Å². The first-order valence-corrected chi connectivity index (χ1v) is 4.01. The summed E-state index contributed by atoms with van der Waals surface area (Å²) in [4.78, 5) is 10.7. The van der Waals surface area contributed by atoms with Crippen LogP contribution in [0.25, 0.3) is 11.3 Å². The van der Waals surface area contributed by atoms with E-state index in [0.717, 1.165) is 16.9 Å². The van der Waals surface area contributed by atoms with Gasteiger partial charge in [0.15, 0.2) is 0 Å². The van der Waals surface area contributed by atoms with Gasteiger partial charge in [0.2, 0.25) is 5.91 Å². The van der Waals surface area contributed by atoms with Gasteiger partial charge in [-0.3, -0.25) is 4.79 Å². The maximum Gasteiger partial charge on any atom is 0.221 e. The fraction of sp³-hybridized carbons (Fsp3) is 0.100. The van der Waals surface area contributed by atoms with E-state index in [1.165, 1.54) is 0 Å². The molecule has 0 aromatic carbocycles. The average Bonchev–Trinajstić information content (AvgIpc) is 2.48. The third-order valence-corrected chi connectivity index (χ3v) is 1.95. The lowest BCUT2D eigenvalue weighted by Crippen LogP contribution is -2.13. The van der Waals surface area contributed by atoms with Crippen molar-refractivity contribution in [3.8, 4) is 11.3 Å². The standard InChI is InChI=1S/C10H9NO2/c11-10(12)6-7-3-4-9-8(7)2-1-5-13-9/h1-5H,6H2,(H2,11,12). The third kappa shape index (κ3) is 1.40. The van der Waals surface area contributed by atoms with Gasteiger partial charge in [-0.15, -0.1) is 0 Å². The Bertz CT molecular complexity index is 405. The summed E-state index contributed by atoms with van der Waals surface area (Å²) in [6, 6.07) is 7.41. The quantitative estimate of drug-likeness (QED) is 0.750. The minimum atomic E-state index is -0.323. The monoisotopic (exact) mass is 175 g/mol. The van der Waals surface area contributed by atoms with E-state index in [1.807, 2.05) is 18.2 Å². The molecule has 0 saturated carbocycles. The fourth-order valence-corrected chi connectivity index (χ4v) is 1.40. The minimum Gasteiger partial charge on any atom is -0.464 e. The summed E-state index contributed by atoms with van der Waals surface area (Å²) in [6.07, 6.45) is 1.87. The van der Waals surface area contributed by atoms with Crippen molar-refractivity contribution in [2.24, 2.45) is 5.73 Å². The van der Waals surface area contributed by atoms with Crippen molar-refractivity contribution in [2.75, 3.05) is 0 Å². The van der Waals surface area contributed by atoms with E-state index in [-0.39, 0.29) is 12.3 Å². The zero-order chi connectivity index (χ0) is 9.26. The van der Waals surface area contributed by atoms with Crippen molar-refractivity contribution in [1.29, 1.82) is 0 Å². The van der Waals surface area contributed by atoms with E-state index < -0.39 is 0 Å². The number of primary amides is 1. The van der Waals surface area contributed by atoms with Crippen LogP contribution in [0.15, 0.2) is 34.9 Å². The van der Waals surface area contributed by atoms with E-state index >= 15 is 0 Å². The van der Waals surface area contributed by atoms with Gasteiger partial charge in [-0.05, 0) is 23.8 Å². The van der Waals surface area contributed by atoms with Crippen LogP contribution in [0.2, 0.25) is 0 Å². The highest BCUT2D eigenvalue weighted by atomic mass is 16.3. The number of fused-ring (bicyclic) bond motifs is 1. The predicted molar refractivity (Wildman–Crippen MR) is 48.2 cm³/mol. The highest BCUT2D eigenvalue weighted by Crippen LogP contribution is 2.27. The molecule has 1 amide bonds.